The molecule has 0 saturated carbocycles. The smallest absolute Gasteiger partial charge is 0.269 e. The Morgan fingerprint density at radius 2 is 1.00 bits per heavy atom. The Morgan fingerprint density at radius 3 is 1.22 bits per heavy atom. The Bertz CT molecular complexity index is 296. The van der Waals surface area contributed by atoms with Crippen molar-refractivity contribution < 1.29 is 45.0 Å². The Hall–Kier alpha value is -1.23. The van der Waals surface area contributed by atoms with Gasteiger partial charge in [-0.1, -0.05) is 0 Å². The molecule has 4 unspecified atom stereocenters. The molecule has 9 nitrogen and oxygen atoms in total. The van der Waals surface area contributed by atoms with Crippen LogP contribution in [0.4, 0.5) is 0 Å². The third-order valence-electron chi connectivity index (χ3n) is 2.09. The van der Waals surface area contributed by atoms with Gasteiger partial charge in [0.2, 0.25) is 11.6 Å². The first-order valence-electron chi connectivity index (χ1n) is 4.84. The average molecular weight is 266 g/mol. The number of hydrogen-bond acceptors (Lipinski definition) is 9. The number of carbonyl (C=O) groups is 3. The van der Waals surface area contributed by atoms with Crippen molar-refractivity contribution in [3.05, 3.63) is 0 Å². The van der Waals surface area contributed by atoms with Crippen molar-refractivity contribution in [2.24, 2.45) is 0 Å². The van der Waals surface area contributed by atoms with E-state index in [1.54, 1.807) is 0 Å². The zero-order chi connectivity index (χ0) is 14.5. The number of Topliss-reactive ketones (excluding diaryl/α,β-unsaturated/α-hetero) is 3. The predicted octanol–water partition coefficient (Wildman–Crippen LogP) is -4.88. The molecule has 18 heavy (non-hydrogen) atoms. The number of carbonyl (C=O) groups excluding carboxylic acids is 3. The second kappa shape index (κ2) is 7.26. The third-order valence-corrected chi connectivity index (χ3v) is 2.09. The lowest BCUT2D eigenvalue weighted by Crippen LogP contribution is -2.48. The first-order chi connectivity index (χ1) is 8.27. The van der Waals surface area contributed by atoms with Gasteiger partial charge in [0.15, 0.2) is 0 Å². The van der Waals surface area contributed by atoms with Crippen LogP contribution >= 0.6 is 0 Å². The van der Waals surface area contributed by atoms with Crippen LogP contribution in [0.15, 0.2) is 0 Å². The molecule has 4 atom stereocenters. The minimum atomic E-state index is -2.31. The maximum Gasteiger partial charge on any atom is 0.269 e. The van der Waals surface area contributed by atoms with E-state index in [2.05, 4.69) is 0 Å². The van der Waals surface area contributed by atoms with E-state index < -0.39 is 55.0 Å². The third kappa shape index (κ3) is 3.91. The summed E-state index contributed by atoms with van der Waals surface area (Å²) in [5.41, 5.74) is 0. The normalized spacial score (nSPS) is 17.7. The fourth-order valence-corrected chi connectivity index (χ4v) is 0.939. The van der Waals surface area contributed by atoms with Crippen LogP contribution < -0.4 is 0 Å². The zero-order valence-electron chi connectivity index (χ0n) is 9.13. The number of aliphatic hydroxyl groups excluding tert-OH is 6. The summed E-state index contributed by atoms with van der Waals surface area (Å²) in [4.78, 5) is 33.5. The van der Waals surface area contributed by atoms with E-state index in [4.69, 9.17) is 30.6 Å². The molecule has 0 aliphatic heterocycles. The monoisotopic (exact) mass is 266 g/mol. The number of hydrogen-bond donors (Lipinski definition) is 6. The van der Waals surface area contributed by atoms with Gasteiger partial charge in [-0.05, 0) is 0 Å². The van der Waals surface area contributed by atoms with Crippen molar-refractivity contribution in [1.29, 1.82) is 0 Å². The maximum atomic E-state index is 11.2. The molecular weight excluding hydrogens is 252 g/mol. The van der Waals surface area contributed by atoms with Gasteiger partial charge < -0.3 is 30.6 Å². The second-order valence-corrected chi connectivity index (χ2v) is 3.45. The molecule has 0 rings (SSSR count). The summed E-state index contributed by atoms with van der Waals surface area (Å²) in [6.07, 6.45) is -8.53. The highest BCUT2D eigenvalue weighted by molar-refractivity contribution is 6.65. The molecule has 9 heteroatoms. The summed E-state index contributed by atoms with van der Waals surface area (Å²) in [6, 6.07) is 0. The van der Waals surface area contributed by atoms with Crippen LogP contribution in [0.2, 0.25) is 0 Å². The van der Waals surface area contributed by atoms with E-state index in [0.717, 1.165) is 0 Å². The maximum absolute atomic E-state index is 11.2. The Kier molecular flexibility index (Phi) is 6.76. The van der Waals surface area contributed by atoms with Gasteiger partial charge in [0, 0.05) is 0 Å². The topological polar surface area (TPSA) is 173 Å². The summed E-state index contributed by atoms with van der Waals surface area (Å²) >= 11 is 0. The van der Waals surface area contributed by atoms with Crippen LogP contribution in [-0.2, 0) is 14.4 Å². The SMILES string of the molecule is O=C(C(=O)C(O)C(O)CO)C(=O)C(O)C(O)CO. The molecule has 0 saturated heterocycles. The largest absolute Gasteiger partial charge is 0.394 e. The van der Waals surface area contributed by atoms with E-state index in [1.165, 1.54) is 0 Å². The van der Waals surface area contributed by atoms with Gasteiger partial charge in [-0.15, -0.1) is 0 Å². The second-order valence-electron chi connectivity index (χ2n) is 3.45. The molecule has 0 radical (unpaired) electrons. The molecule has 0 aliphatic rings. The first-order valence-corrected chi connectivity index (χ1v) is 4.84. The van der Waals surface area contributed by atoms with Gasteiger partial charge in [-0.2, -0.15) is 0 Å². The van der Waals surface area contributed by atoms with Gasteiger partial charge in [0.05, 0.1) is 13.2 Å². The molecule has 0 aromatic heterocycles. The van der Waals surface area contributed by atoms with E-state index in [0.29, 0.717) is 0 Å². The van der Waals surface area contributed by atoms with E-state index in [-0.39, 0.29) is 0 Å². The standard InChI is InChI=1S/C9H14O9/c10-1-3(12)5(14)7(16)9(18)8(17)6(15)4(13)2-11/h3-6,10-15H,1-2H2. The van der Waals surface area contributed by atoms with E-state index in [9.17, 15) is 14.4 Å². The number of aliphatic hydroxyl groups is 6. The Balaban J connectivity index is 4.75. The fraction of sp³-hybridized carbons (Fsp3) is 0.667. The van der Waals surface area contributed by atoms with Crippen LogP contribution in [0.3, 0.4) is 0 Å². The lowest BCUT2D eigenvalue weighted by atomic mass is 9.99. The Morgan fingerprint density at radius 1 is 0.722 bits per heavy atom. The molecule has 6 N–H and O–H groups in total. The number of ketones is 3. The summed E-state index contributed by atoms with van der Waals surface area (Å²) in [6.45, 7) is -2.04. The van der Waals surface area contributed by atoms with Crippen LogP contribution in [-0.4, -0.2) is 85.6 Å². The van der Waals surface area contributed by atoms with Gasteiger partial charge in [-0.25, -0.2) is 0 Å². The van der Waals surface area contributed by atoms with Crippen molar-refractivity contribution in [3.8, 4) is 0 Å². The minimum absolute atomic E-state index is 1.02. The van der Waals surface area contributed by atoms with Gasteiger partial charge in [0.25, 0.3) is 5.78 Å². The molecular formula is C9H14O9. The van der Waals surface area contributed by atoms with Crippen LogP contribution in [0.1, 0.15) is 0 Å². The van der Waals surface area contributed by atoms with Crippen molar-refractivity contribution in [1.82, 2.24) is 0 Å². The summed E-state index contributed by atoms with van der Waals surface area (Å²) < 4.78 is 0. The first kappa shape index (κ1) is 16.8. The molecule has 0 aromatic carbocycles. The quantitative estimate of drug-likeness (QED) is 0.186. The van der Waals surface area contributed by atoms with E-state index >= 15 is 0 Å². The molecule has 0 spiro atoms. The lowest BCUT2D eigenvalue weighted by Gasteiger charge is -2.16. The molecule has 0 heterocycles. The van der Waals surface area contributed by atoms with Gasteiger partial charge in [0.1, 0.15) is 24.4 Å². The summed E-state index contributed by atoms with van der Waals surface area (Å²) in [7, 11) is 0. The lowest BCUT2D eigenvalue weighted by molar-refractivity contribution is -0.155. The minimum Gasteiger partial charge on any atom is -0.394 e. The average Bonchev–Trinajstić information content (AvgIpc) is 2.40. The molecule has 0 fully saturated rings. The molecule has 0 bridgehead atoms. The predicted molar refractivity (Wildman–Crippen MR) is 53.2 cm³/mol. The van der Waals surface area contributed by atoms with Crippen molar-refractivity contribution in [2.45, 2.75) is 24.4 Å². The van der Waals surface area contributed by atoms with Gasteiger partial charge in [-0.3, -0.25) is 14.4 Å². The van der Waals surface area contributed by atoms with Crippen molar-refractivity contribution in [2.75, 3.05) is 13.2 Å². The highest BCUT2D eigenvalue weighted by Crippen LogP contribution is 2.01. The summed E-state index contributed by atoms with van der Waals surface area (Å²) in [5.74, 6) is -5.31. The number of rotatable bonds is 8. The van der Waals surface area contributed by atoms with Crippen molar-refractivity contribution >= 4 is 17.3 Å². The van der Waals surface area contributed by atoms with Crippen molar-refractivity contribution in [3.63, 3.8) is 0 Å². The highest BCUT2D eigenvalue weighted by atomic mass is 16.4. The van der Waals surface area contributed by atoms with Gasteiger partial charge >= 0.3 is 0 Å². The molecule has 104 valence electrons. The Labute approximate surface area is 101 Å². The highest BCUT2D eigenvalue weighted by Gasteiger charge is 2.37. The van der Waals surface area contributed by atoms with Crippen LogP contribution in [0, 0.1) is 0 Å². The fourth-order valence-electron chi connectivity index (χ4n) is 0.939. The molecule has 0 amide bonds. The van der Waals surface area contributed by atoms with Crippen LogP contribution in [0.25, 0.3) is 0 Å². The zero-order valence-corrected chi connectivity index (χ0v) is 9.13. The van der Waals surface area contributed by atoms with E-state index in [1.807, 2.05) is 0 Å². The summed E-state index contributed by atoms with van der Waals surface area (Å²) in [5, 5.41) is 52.7. The molecule has 0 aromatic rings. The van der Waals surface area contributed by atoms with Crippen LogP contribution in [0.5, 0.6) is 0 Å². The molecule has 0 aliphatic carbocycles.